The third kappa shape index (κ3) is 2.94. The molecule has 6 heteroatoms. The molecule has 0 aromatic rings. The molecule has 1 aliphatic carbocycles. The molecule has 1 saturated carbocycles. The number of carbonyl (C=O) groups excluding carboxylic acids is 2. The van der Waals surface area contributed by atoms with Crippen LogP contribution in [0.25, 0.3) is 0 Å². The van der Waals surface area contributed by atoms with Crippen molar-refractivity contribution in [3.05, 3.63) is 0 Å². The highest BCUT2D eigenvalue weighted by molar-refractivity contribution is 7.87. The number of hydrogen-bond acceptors (Lipinski definition) is 3. The number of carbonyl (C=O) groups is 2. The molecule has 2 heterocycles. The van der Waals surface area contributed by atoms with E-state index in [1.807, 2.05) is 23.6 Å². The van der Waals surface area contributed by atoms with E-state index in [-0.39, 0.29) is 17.6 Å². The second-order valence-corrected chi connectivity index (χ2v) is 9.10. The largest absolute Gasteiger partial charge is 0.342 e. The Kier molecular flexibility index (Phi) is 4.32. The average Bonchev–Trinajstić information content (AvgIpc) is 3.24. The molecule has 0 aromatic carbocycles. The Morgan fingerprint density at radius 2 is 1.95 bits per heavy atom. The van der Waals surface area contributed by atoms with Crippen molar-refractivity contribution >= 4 is 22.6 Å². The van der Waals surface area contributed by atoms with E-state index in [4.69, 9.17) is 0 Å². The maximum Gasteiger partial charge on any atom is 0.236 e. The van der Waals surface area contributed by atoms with Gasteiger partial charge >= 0.3 is 0 Å². The van der Waals surface area contributed by atoms with Gasteiger partial charge in [0.15, 0.2) is 0 Å². The van der Waals surface area contributed by atoms with Crippen molar-refractivity contribution < 1.29 is 13.8 Å². The van der Waals surface area contributed by atoms with E-state index in [9.17, 15) is 13.8 Å². The fraction of sp³-hybridized carbons (Fsp3) is 0.875. The molecule has 0 bridgehead atoms. The van der Waals surface area contributed by atoms with Crippen LogP contribution in [0.15, 0.2) is 0 Å². The molecular weight excluding hydrogens is 300 g/mol. The van der Waals surface area contributed by atoms with Crippen LogP contribution in [0.3, 0.4) is 0 Å². The quantitative estimate of drug-likeness (QED) is 0.784. The predicted molar refractivity (Wildman–Crippen MR) is 85.4 cm³/mol. The van der Waals surface area contributed by atoms with E-state index in [1.165, 1.54) is 12.8 Å². The highest BCUT2D eigenvalue weighted by atomic mass is 32.2. The zero-order valence-corrected chi connectivity index (χ0v) is 14.4. The lowest BCUT2D eigenvalue weighted by atomic mass is 10.00. The first-order chi connectivity index (χ1) is 10.4. The molecule has 1 unspecified atom stereocenters. The van der Waals surface area contributed by atoms with Gasteiger partial charge in [0, 0.05) is 38.9 Å². The van der Waals surface area contributed by atoms with Crippen molar-refractivity contribution in [1.82, 2.24) is 9.80 Å². The second-order valence-electron chi connectivity index (χ2n) is 7.36. The van der Waals surface area contributed by atoms with Crippen LogP contribution in [0.4, 0.5) is 0 Å². The lowest BCUT2D eigenvalue weighted by molar-refractivity contribution is -0.136. The molecule has 0 N–H and O–H groups in total. The minimum atomic E-state index is -1.12. The summed E-state index contributed by atoms with van der Waals surface area (Å²) >= 11 is 0. The molecule has 22 heavy (non-hydrogen) atoms. The summed E-state index contributed by atoms with van der Waals surface area (Å²) in [6.45, 7) is 6.12. The average molecular weight is 326 g/mol. The Balaban J connectivity index is 1.67. The Bertz CT molecular complexity index is 494. The highest BCUT2D eigenvalue weighted by Crippen LogP contribution is 2.41. The molecule has 1 spiro atoms. The van der Waals surface area contributed by atoms with Gasteiger partial charge in [0.25, 0.3) is 0 Å². The summed E-state index contributed by atoms with van der Waals surface area (Å²) in [6, 6.07) is 0. The third-order valence-corrected chi connectivity index (χ3v) is 7.07. The maximum absolute atomic E-state index is 12.6. The highest BCUT2D eigenvalue weighted by Gasteiger charge is 2.53. The van der Waals surface area contributed by atoms with Gasteiger partial charge in [-0.3, -0.25) is 13.8 Å². The van der Waals surface area contributed by atoms with Crippen LogP contribution in [-0.4, -0.2) is 56.1 Å². The molecule has 2 amide bonds. The molecule has 5 nitrogen and oxygen atoms in total. The van der Waals surface area contributed by atoms with E-state index in [0.29, 0.717) is 44.2 Å². The predicted octanol–water partition coefficient (Wildman–Crippen LogP) is 1.35. The minimum absolute atomic E-state index is 0.0483. The van der Waals surface area contributed by atoms with Crippen LogP contribution in [-0.2, 0) is 20.4 Å². The van der Waals surface area contributed by atoms with Gasteiger partial charge in [0.1, 0.15) is 10.6 Å². The van der Waals surface area contributed by atoms with Gasteiger partial charge < -0.3 is 9.80 Å². The molecule has 2 aliphatic heterocycles. The van der Waals surface area contributed by atoms with Gasteiger partial charge in [0.05, 0.1) is 10.8 Å². The zero-order chi connectivity index (χ0) is 15.9. The maximum atomic E-state index is 12.6. The summed E-state index contributed by atoms with van der Waals surface area (Å²) in [6.07, 6.45) is 4.28. The number of amides is 2. The summed E-state index contributed by atoms with van der Waals surface area (Å²) in [4.78, 5) is 27.7. The van der Waals surface area contributed by atoms with E-state index in [2.05, 4.69) is 0 Å². The normalized spacial score (nSPS) is 28.0. The summed E-state index contributed by atoms with van der Waals surface area (Å²) in [5.74, 6) is 1.38. The Hall–Kier alpha value is -0.910. The second kappa shape index (κ2) is 5.95. The summed E-state index contributed by atoms with van der Waals surface area (Å²) in [5, 5.41) is 0. The van der Waals surface area contributed by atoms with Gasteiger partial charge in [0.2, 0.25) is 11.8 Å². The monoisotopic (exact) mass is 326 g/mol. The standard InChI is InChI=1S/C16H26N2O3S/c1-12(2)9-14(19)17-7-5-16(6-8-17)18(10-13-3-4-13)15(20)11-22(16)21/h12-13H,3-11H2,1-2H3. The van der Waals surface area contributed by atoms with Crippen molar-refractivity contribution in [3.63, 3.8) is 0 Å². The number of nitrogens with zero attached hydrogens (tertiary/aromatic N) is 2. The molecule has 3 fully saturated rings. The van der Waals surface area contributed by atoms with Gasteiger partial charge in [-0.25, -0.2) is 0 Å². The van der Waals surface area contributed by atoms with Crippen molar-refractivity contribution in [2.24, 2.45) is 11.8 Å². The lowest BCUT2D eigenvalue weighted by Gasteiger charge is -2.43. The van der Waals surface area contributed by atoms with Crippen molar-refractivity contribution in [3.8, 4) is 0 Å². The first-order valence-corrected chi connectivity index (χ1v) is 9.71. The molecule has 2 saturated heterocycles. The topological polar surface area (TPSA) is 57.7 Å². The Labute approximate surface area is 134 Å². The van der Waals surface area contributed by atoms with Gasteiger partial charge in [-0.2, -0.15) is 0 Å². The van der Waals surface area contributed by atoms with E-state index >= 15 is 0 Å². The number of hydrogen-bond donors (Lipinski definition) is 0. The minimum Gasteiger partial charge on any atom is -0.342 e. The Morgan fingerprint density at radius 1 is 1.32 bits per heavy atom. The van der Waals surface area contributed by atoms with Crippen LogP contribution in [0.5, 0.6) is 0 Å². The van der Waals surface area contributed by atoms with E-state index in [1.54, 1.807) is 0 Å². The summed E-state index contributed by atoms with van der Waals surface area (Å²) < 4.78 is 12.6. The summed E-state index contributed by atoms with van der Waals surface area (Å²) in [5.41, 5.74) is 0. The van der Waals surface area contributed by atoms with Crippen molar-refractivity contribution in [1.29, 1.82) is 0 Å². The summed E-state index contributed by atoms with van der Waals surface area (Å²) in [7, 11) is -1.12. The SMILES string of the molecule is CC(C)CC(=O)N1CCC2(CC1)N(CC1CC1)C(=O)CS2=O. The first kappa shape index (κ1) is 16.0. The van der Waals surface area contributed by atoms with Crippen molar-refractivity contribution in [2.75, 3.05) is 25.4 Å². The van der Waals surface area contributed by atoms with Crippen LogP contribution in [0, 0.1) is 11.8 Å². The molecular formula is C16H26N2O3S. The smallest absolute Gasteiger partial charge is 0.236 e. The molecule has 0 radical (unpaired) electrons. The van der Waals surface area contributed by atoms with Crippen LogP contribution in [0.2, 0.25) is 0 Å². The molecule has 0 aromatic heterocycles. The molecule has 1 atom stereocenters. The van der Waals surface area contributed by atoms with E-state index in [0.717, 1.165) is 6.54 Å². The van der Waals surface area contributed by atoms with Gasteiger partial charge in [-0.1, -0.05) is 13.8 Å². The van der Waals surface area contributed by atoms with Gasteiger partial charge in [-0.15, -0.1) is 0 Å². The van der Waals surface area contributed by atoms with Crippen LogP contribution >= 0.6 is 0 Å². The Morgan fingerprint density at radius 3 is 2.50 bits per heavy atom. The fourth-order valence-electron chi connectivity index (χ4n) is 3.58. The van der Waals surface area contributed by atoms with Crippen LogP contribution in [0.1, 0.15) is 46.0 Å². The van der Waals surface area contributed by atoms with Gasteiger partial charge in [-0.05, 0) is 24.7 Å². The molecule has 3 aliphatic rings. The third-order valence-electron chi connectivity index (χ3n) is 5.09. The fourth-order valence-corrected chi connectivity index (χ4v) is 5.29. The zero-order valence-electron chi connectivity index (χ0n) is 13.5. The first-order valence-electron chi connectivity index (χ1n) is 8.39. The van der Waals surface area contributed by atoms with Crippen molar-refractivity contribution in [2.45, 2.75) is 50.8 Å². The lowest BCUT2D eigenvalue weighted by Crippen LogP contribution is -2.56. The molecule has 3 rings (SSSR count). The van der Waals surface area contributed by atoms with Crippen LogP contribution < -0.4 is 0 Å². The number of piperidine rings is 1. The number of rotatable bonds is 4. The molecule has 124 valence electrons. The van der Waals surface area contributed by atoms with E-state index < -0.39 is 15.7 Å². The number of likely N-dealkylation sites (tertiary alicyclic amines) is 1.